The molecule has 0 radical (unpaired) electrons. The van der Waals surface area contributed by atoms with Crippen LogP contribution in [0.1, 0.15) is 30.4 Å². The molecule has 2 aromatic carbocycles. The minimum Gasteiger partial charge on any atom is -0.492 e. The molecular weight excluding hydrogens is 268 g/mol. The van der Waals surface area contributed by atoms with Gasteiger partial charge < -0.3 is 4.74 Å². The SMILES string of the molecule is CCC(Cc1ccc(OCCCl)cc1)c1ccccc1. The molecule has 2 heteroatoms. The maximum atomic E-state index is 5.61. The van der Waals surface area contributed by atoms with E-state index in [9.17, 15) is 0 Å². The van der Waals surface area contributed by atoms with Crippen LogP contribution in [0.15, 0.2) is 54.6 Å². The fourth-order valence-corrected chi connectivity index (χ4v) is 2.46. The second-order valence-corrected chi connectivity index (χ2v) is 5.28. The van der Waals surface area contributed by atoms with Crippen LogP contribution in [0.2, 0.25) is 0 Å². The molecule has 0 spiro atoms. The standard InChI is InChI=1S/C18H21ClO/c1-2-16(17-6-4-3-5-7-17)14-15-8-10-18(11-9-15)20-13-12-19/h3-11,16H,2,12-14H2,1H3. The van der Waals surface area contributed by atoms with Crippen LogP contribution in [-0.2, 0) is 6.42 Å². The fourth-order valence-electron chi connectivity index (χ4n) is 2.39. The van der Waals surface area contributed by atoms with Gasteiger partial charge in [0.15, 0.2) is 0 Å². The summed E-state index contributed by atoms with van der Waals surface area (Å²) >= 11 is 5.61. The number of hydrogen-bond donors (Lipinski definition) is 0. The normalized spacial score (nSPS) is 12.1. The van der Waals surface area contributed by atoms with Crippen LogP contribution in [0.25, 0.3) is 0 Å². The number of alkyl halides is 1. The van der Waals surface area contributed by atoms with Crippen molar-refractivity contribution in [2.45, 2.75) is 25.7 Å². The molecule has 0 N–H and O–H groups in total. The molecule has 106 valence electrons. The van der Waals surface area contributed by atoms with Crippen molar-refractivity contribution >= 4 is 11.6 Å². The summed E-state index contributed by atoms with van der Waals surface area (Å²) in [5.74, 6) is 1.99. The Hall–Kier alpha value is -1.47. The third-order valence-electron chi connectivity index (χ3n) is 3.52. The Balaban J connectivity index is 2.01. The molecule has 0 aliphatic carbocycles. The molecule has 0 saturated heterocycles. The van der Waals surface area contributed by atoms with Crippen molar-refractivity contribution in [3.8, 4) is 5.75 Å². The molecular formula is C18H21ClO. The lowest BCUT2D eigenvalue weighted by atomic mass is 9.90. The van der Waals surface area contributed by atoms with Crippen LogP contribution in [-0.4, -0.2) is 12.5 Å². The van der Waals surface area contributed by atoms with E-state index in [4.69, 9.17) is 16.3 Å². The topological polar surface area (TPSA) is 9.23 Å². The van der Waals surface area contributed by atoms with Crippen molar-refractivity contribution in [1.29, 1.82) is 0 Å². The highest BCUT2D eigenvalue weighted by Gasteiger charge is 2.09. The number of benzene rings is 2. The Bertz CT molecular complexity index is 493. The molecule has 0 aromatic heterocycles. The average Bonchev–Trinajstić information content (AvgIpc) is 2.52. The maximum Gasteiger partial charge on any atom is 0.119 e. The summed E-state index contributed by atoms with van der Waals surface area (Å²) in [6.45, 7) is 2.80. The van der Waals surface area contributed by atoms with E-state index < -0.39 is 0 Å². The van der Waals surface area contributed by atoms with Gasteiger partial charge in [-0.3, -0.25) is 0 Å². The quantitative estimate of drug-likeness (QED) is 0.649. The van der Waals surface area contributed by atoms with E-state index >= 15 is 0 Å². The summed E-state index contributed by atoms with van der Waals surface area (Å²) in [7, 11) is 0. The summed E-state index contributed by atoms with van der Waals surface area (Å²) in [6.07, 6.45) is 2.21. The molecule has 0 bridgehead atoms. The molecule has 2 aromatic rings. The largest absolute Gasteiger partial charge is 0.492 e. The van der Waals surface area contributed by atoms with Gasteiger partial charge in [-0.05, 0) is 42.0 Å². The zero-order valence-electron chi connectivity index (χ0n) is 11.9. The van der Waals surface area contributed by atoms with E-state index in [0.717, 1.165) is 18.6 Å². The lowest BCUT2D eigenvalue weighted by molar-refractivity contribution is 0.342. The van der Waals surface area contributed by atoms with Crippen LogP contribution >= 0.6 is 11.6 Å². The second kappa shape index (κ2) is 7.96. The van der Waals surface area contributed by atoms with E-state index in [-0.39, 0.29) is 0 Å². The van der Waals surface area contributed by atoms with Crippen LogP contribution in [0.4, 0.5) is 0 Å². The van der Waals surface area contributed by atoms with Gasteiger partial charge in [-0.2, -0.15) is 0 Å². The zero-order valence-corrected chi connectivity index (χ0v) is 12.6. The van der Waals surface area contributed by atoms with Gasteiger partial charge in [-0.25, -0.2) is 0 Å². The van der Waals surface area contributed by atoms with Crippen molar-refractivity contribution in [1.82, 2.24) is 0 Å². The van der Waals surface area contributed by atoms with E-state index in [1.54, 1.807) is 0 Å². The molecule has 2 rings (SSSR count). The highest BCUT2D eigenvalue weighted by Crippen LogP contribution is 2.25. The van der Waals surface area contributed by atoms with Crippen LogP contribution in [0.5, 0.6) is 5.75 Å². The van der Waals surface area contributed by atoms with Gasteiger partial charge in [-0.15, -0.1) is 11.6 Å². The third kappa shape index (κ3) is 4.28. The van der Waals surface area contributed by atoms with Gasteiger partial charge in [-0.1, -0.05) is 49.4 Å². The predicted octanol–water partition coefficient (Wildman–Crippen LogP) is 5.04. The maximum absolute atomic E-state index is 5.61. The Morgan fingerprint density at radius 2 is 1.70 bits per heavy atom. The first-order valence-corrected chi connectivity index (χ1v) is 7.69. The van der Waals surface area contributed by atoms with Gasteiger partial charge in [0.25, 0.3) is 0 Å². The molecule has 1 atom stereocenters. The molecule has 0 heterocycles. The second-order valence-electron chi connectivity index (χ2n) is 4.90. The average molecular weight is 289 g/mol. The number of rotatable bonds is 7. The highest BCUT2D eigenvalue weighted by molar-refractivity contribution is 6.18. The number of ether oxygens (including phenoxy) is 1. The zero-order chi connectivity index (χ0) is 14.2. The fraction of sp³-hybridized carbons (Fsp3) is 0.333. The van der Waals surface area contributed by atoms with Gasteiger partial charge in [0, 0.05) is 0 Å². The van der Waals surface area contributed by atoms with E-state index in [0.29, 0.717) is 18.4 Å². The van der Waals surface area contributed by atoms with Crippen molar-refractivity contribution in [3.05, 3.63) is 65.7 Å². The van der Waals surface area contributed by atoms with E-state index in [1.165, 1.54) is 11.1 Å². The Morgan fingerprint density at radius 1 is 1.00 bits per heavy atom. The molecule has 0 fully saturated rings. The summed E-state index contributed by atoms with van der Waals surface area (Å²) in [5.41, 5.74) is 2.76. The van der Waals surface area contributed by atoms with Gasteiger partial charge >= 0.3 is 0 Å². The monoisotopic (exact) mass is 288 g/mol. The van der Waals surface area contributed by atoms with Crippen LogP contribution in [0, 0.1) is 0 Å². The molecule has 0 aliphatic rings. The van der Waals surface area contributed by atoms with E-state index in [1.807, 2.05) is 12.1 Å². The molecule has 1 nitrogen and oxygen atoms in total. The number of hydrogen-bond acceptors (Lipinski definition) is 1. The minimum atomic E-state index is 0.521. The summed E-state index contributed by atoms with van der Waals surface area (Å²) in [4.78, 5) is 0. The first-order chi connectivity index (χ1) is 9.83. The van der Waals surface area contributed by atoms with Crippen molar-refractivity contribution in [2.24, 2.45) is 0 Å². The van der Waals surface area contributed by atoms with Crippen LogP contribution < -0.4 is 4.74 Å². The minimum absolute atomic E-state index is 0.521. The molecule has 0 amide bonds. The first kappa shape index (κ1) is 14.9. The van der Waals surface area contributed by atoms with Crippen molar-refractivity contribution in [3.63, 3.8) is 0 Å². The highest BCUT2D eigenvalue weighted by atomic mass is 35.5. The summed E-state index contributed by atoms with van der Waals surface area (Å²) in [6, 6.07) is 19.1. The Labute approximate surface area is 126 Å². The smallest absolute Gasteiger partial charge is 0.119 e. The third-order valence-corrected chi connectivity index (χ3v) is 3.67. The molecule has 1 unspecified atom stereocenters. The van der Waals surface area contributed by atoms with Crippen LogP contribution in [0.3, 0.4) is 0 Å². The van der Waals surface area contributed by atoms with E-state index in [2.05, 4.69) is 49.4 Å². The molecule has 20 heavy (non-hydrogen) atoms. The lowest BCUT2D eigenvalue weighted by Gasteiger charge is -2.15. The molecule has 0 aliphatic heterocycles. The lowest BCUT2D eigenvalue weighted by Crippen LogP contribution is -2.02. The first-order valence-electron chi connectivity index (χ1n) is 7.16. The van der Waals surface area contributed by atoms with Gasteiger partial charge in [0.05, 0.1) is 5.88 Å². The van der Waals surface area contributed by atoms with Gasteiger partial charge in [0.1, 0.15) is 12.4 Å². The van der Waals surface area contributed by atoms with Crippen molar-refractivity contribution < 1.29 is 4.74 Å². The predicted molar refractivity (Wildman–Crippen MR) is 85.8 cm³/mol. The summed E-state index contributed by atoms with van der Waals surface area (Å²) < 4.78 is 5.49. The van der Waals surface area contributed by atoms with Gasteiger partial charge in [0.2, 0.25) is 0 Å². The molecule has 0 saturated carbocycles. The van der Waals surface area contributed by atoms with Crippen molar-refractivity contribution in [2.75, 3.05) is 12.5 Å². The Morgan fingerprint density at radius 3 is 2.30 bits per heavy atom. The summed E-state index contributed by atoms with van der Waals surface area (Å²) in [5, 5.41) is 0. The Kier molecular flexibility index (Phi) is 5.94. The number of halogens is 1.